The predicted molar refractivity (Wildman–Crippen MR) is 65.7 cm³/mol. The van der Waals surface area contributed by atoms with Crippen molar-refractivity contribution in [3.05, 3.63) is 29.8 Å². The zero-order valence-electron chi connectivity index (χ0n) is 10.2. The van der Waals surface area contributed by atoms with Crippen molar-refractivity contribution in [1.82, 2.24) is 4.90 Å². The minimum atomic E-state index is -0.964. The van der Waals surface area contributed by atoms with E-state index in [1.54, 1.807) is 6.07 Å². The highest BCUT2D eigenvalue weighted by molar-refractivity contribution is 5.68. The van der Waals surface area contributed by atoms with E-state index in [1.165, 1.54) is 0 Å². The molecule has 1 fully saturated rings. The Morgan fingerprint density at radius 3 is 2.89 bits per heavy atom. The van der Waals surface area contributed by atoms with Gasteiger partial charge in [0.05, 0.1) is 13.2 Å². The fourth-order valence-electron chi connectivity index (χ4n) is 1.90. The van der Waals surface area contributed by atoms with Crippen LogP contribution in [-0.4, -0.2) is 48.9 Å². The molecular weight excluding hydrogens is 234 g/mol. The van der Waals surface area contributed by atoms with Gasteiger partial charge in [0.25, 0.3) is 0 Å². The molecule has 0 unspecified atom stereocenters. The van der Waals surface area contributed by atoms with Gasteiger partial charge in [-0.3, -0.25) is 4.90 Å². The lowest BCUT2D eigenvalue weighted by atomic mass is 10.2. The van der Waals surface area contributed by atoms with Crippen LogP contribution in [0.25, 0.3) is 0 Å². The molecule has 98 valence electrons. The molecule has 5 heteroatoms. The van der Waals surface area contributed by atoms with Crippen LogP contribution in [0.5, 0.6) is 5.75 Å². The predicted octanol–water partition coefficient (Wildman–Crippen LogP) is 0.982. The molecule has 1 saturated heterocycles. The van der Waals surface area contributed by atoms with E-state index < -0.39 is 5.97 Å². The van der Waals surface area contributed by atoms with Gasteiger partial charge in [0.15, 0.2) is 6.61 Å². The summed E-state index contributed by atoms with van der Waals surface area (Å²) in [4.78, 5) is 12.7. The second-order valence-corrected chi connectivity index (χ2v) is 4.22. The fourth-order valence-corrected chi connectivity index (χ4v) is 1.90. The topological polar surface area (TPSA) is 59.0 Å². The summed E-state index contributed by atoms with van der Waals surface area (Å²) < 4.78 is 10.4. The average Bonchev–Trinajstić information content (AvgIpc) is 2.38. The minimum absolute atomic E-state index is 0.305. The van der Waals surface area contributed by atoms with Gasteiger partial charge in [-0.2, -0.15) is 0 Å². The van der Waals surface area contributed by atoms with Crippen molar-refractivity contribution in [1.29, 1.82) is 0 Å². The van der Waals surface area contributed by atoms with Gasteiger partial charge in [-0.15, -0.1) is 0 Å². The van der Waals surface area contributed by atoms with Gasteiger partial charge in [0, 0.05) is 19.6 Å². The summed E-state index contributed by atoms with van der Waals surface area (Å²) in [6, 6.07) is 7.56. The molecule has 0 bridgehead atoms. The zero-order valence-corrected chi connectivity index (χ0v) is 10.2. The van der Waals surface area contributed by atoms with Crippen LogP contribution < -0.4 is 4.74 Å². The Bertz CT molecular complexity index is 402. The summed E-state index contributed by atoms with van der Waals surface area (Å²) in [5.41, 5.74) is 1.12. The van der Waals surface area contributed by atoms with E-state index in [4.69, 9.17) is 14.6 Å². The van der Waals surface area contributed by atoms with Crippen molar-refractivity contribution in [2.75, 3.05) is 32.9 Å². The highest BCUT2D eigenvalue weighted by atomic mass is 16.5. The van der Waals surface area contributed by atoms with Crippen LogP contribution in [0.2, 0.25) is 0 Å². The van der Waals surface area contributed by atoms with Crippen molar-refractivity contribution in [3.63, 3.8) is 0 Å². The third kappa shape index (κ3) is 4.01. The number of hydrogen-bond donors (Lipinski definition) is 1. The van der Waals surface area contributed by atoms with Crippen LogP contribution in [0, 0.1) is 0 Å². The molecule has 1 N–H and O–H groups in total. The minimum Gasteiger partial charge on any atom is -0.482 e. The Labute approximate surface area is 106 Å². The third-order valence-corrected chi connectivity index (χ3v) is 2.77. The van der Waals surface area contributed by atoms with Gasteiger partial charge in [-0.05, 0) is 17.7 Å². The maximum Gasteiger partial charge on any atom is 0.341 e. The number of carboxylic acids is 1. The Kier molecular flexibility index (Phi) is 4.55. The molecule has 1 heterocycles. The van der Waals surface area contributed by atoms with Crippen LogP contribution in [0.15, 0.2) is 24.3 Å². The van der Waals surface area contributed by atoms with E-state index in [0.29, 0.717) is 5.75 Å². The first-order valence-electron chi connectivity index (χ1n) is 5.98. The number of carbonyl (C=O) groups is 1. The summed E-state index contributed by atoms with van der Waals surface area (Å²) in [6.07, 6.45) is 0. The molecule has 1 aliphatic rings. The molecule has 18 heavy (non-hydrogen) atoms. The molecule has 0 aromatic heterocycles. The van der Waals surface area contributed by atoms with Crippen LogP contribution >= 0.6 is 0 Å². The fraction of sp³-hybridized carbons (Fsp3) is 0.462. The Morgan fingerprint density at radius 1 is 1.39 bits per heavy atom. The first-order valence-corrected chi connectivity index (χ1v) is 5.98. The van der Waals surface area contributed by atoms with Crippen molar-refractivity contribution in [2.24, 2.45) is 0 Å². The molecule has 2 rings (SSSR count). The largest absolute Gasteiger partial charge is 0.482 e. The molecule has 0 spiro atoms. The number of benzene rings is 1. The van der Waals surface area contributed by atoms with E-state index in [-0.39, 0.29) is 6.61 Å². The number of nitrogens with zero attached hydrogens (tertiary/aromatic N) is 1. The van der Waals surface area contributed by atoms with E-state index in [2.05, 4.69) is 4.90 Å². The molecule has 1 aromatic carbocycles. The summed E-state index contributed by atoms with van der Waals surface area (Å²) in [6.45, 7) is 3.94. The molecule has 0 aliphatic carbocycles. The van der Waals surface area contributed by atoms with E-state index in [0.717, 1.165) is 38.4 Å². The van der Waals surface area contributed by atoms with E-state index >= 15 is 0 Å². The normalized spacial score (nSPS) is 16.4. The number of carboxylic acid groups (broad SMARTS) is 1. The molecule has 0 atom stereocenters. The molecular formula is C13H17NO4. The highest BCUT2D eigenvalue weighted by Gasteiger charge is 2.11. The lowest BCUT2D eigenvalue weighted by Crippen LogP contribution is -2.35. The van der Waals surface area contributed by atoms with Crippen LogP contribution in [-0.2, 0) is 16.1 Å². The number of morpholine rings is 1. The molecule has 0 amide bonds. The quantitative estimate of drug-likeness (QED) is 0.845. The van der Waals surface area contributed by atoms with E-state index in [9.17, 15) is 4.79 Å². The third-order valence-electron chi connectivity index (χ3n) is 2.77. The molecule has 5 nitrogen and oxygen atoms in total. The SMILES string of the molecule is O=C(O)COc1cccc(CN2CCOCC2)c1. The number of hydrogen-bond acceptors (Lipinski definition) is 4. The Balaban J connectivity index is 1.91. The van der Waals surface area contributed by atoms with Gasteiger partial charge < -0.3 is 14.6 Å². The number of rotatable bonds is 5. The number of aliphatic carboxylic acids is 1. The van der Waals surface area contributed by atoms with Crippen molar-refractivity contribution in [2.45, 2.75) is 6.54 Å². The van der Waals surface area contributed by atoms with Crippen molar-refractivity contribution in [3.8, 4) is 5.75 Å². The molecule has 1 aliphatic heterocycles. The lowest BCUT2D eigenvalue weighted by molar-refractivity contribution is -0.139. The van der Waals surface area contributed by atoms with Gasteiger partial charge in [0.1, 0.15) is 5.75 Å². The van der Waals surface area contributed by atoms with Gasteiger partial charge in [-0.1, -0.05) is 12.1 Å². The first kappa shape index (κ1) is 12.9. The smallest absolute Gasteiger partial charge is 0.341 e. The van der Waals surface area contributed by atoms with Crippen molar-refractivity contribution < 1.29 is 19.4 Å². The second-order valence-electron chi connectivity index (χ2n) is 4.22. The van der Waals surface area contributed by atoms with Gasteiger partial charge >= 0.3 is 5.97 Å². The summed E-state index contributed by atoms with van der Waals surface area (Å²) in [5.74, 6) is -0.364. The maximum atomic E-state index is 10.4. The average molecular weight is 251 g/mol. The maximum absolute atomic E-state index is 10.4. The van der Waals surface area contributed by atoms with Crippen molar-refractivity contribution >= 4 is 5.97 Å². The summed E-state index contributed by atoms with van der Waals surface area (Å²) >= 11 is 0. The monoisotopic (exact) mass is 251 g/mol. The number of ether oxygens (including phenoxy) is 2. The lowest BCUT2D eigenvalue weighted by Gasteiger charge is -2.26. The summed E-state index contributed by atoms with van der Waals surface area (Å²) in [5, 5.41) is 8.56. The Morgan fingerprint density at radius 2 is 2.17 bits per heavy atom. The Hall–Kier alpha value is -1.59. The first-order chi connectivity index (χ1) is 8.74. The van der Waals surface area contributed by atoms with E-state index in [1.807, 2.05) is 18.2 Å². The highest BCUT2D eigenvalue weighted by Crippen LogP contribution is 2.15. The van der Waals surface area contributed by atoms with Crippen LogP contribution in [0.3, 0.4) is 0 Å². The molecule has 1 aromatic rings. The van der Waals surface area contributed by atoms with Crippen LogP contribution in [0.4, 0.5) is 0 Å². The van der Waals surface area contributed by atoms with Gasteiger partial charge in [0.2, 0.25) is 0 Å². The van der Waals surface area contributed by atoms with Crippen LogP contribution in [0.1, 0.15) is 5.56 Å². The molecule has 0 radical (unpaired) electrons. The zero-order chi connectivity index (χ0) is 12.8. The second kappa shape index (κ2) is 6.37. The standard InChI is InChI=1S/C13H17NO4/c15-13(16)10-18-12-3-1-2-11(8-12)9-14-4-6-17-7-5-14/h1-3,8H,4-7,9-10H2,(H,15,16). The molecule has 0 saturated carbocycles. The summed E-state index contributed by atoms with van der Waals surface area (Å²) in [7, 11) is 0. The van der Waals surface area contributed by atoms with Gasteiger partial charge in [-0.25, -0.2) is 4.79 Å².